The Hall–Kier alpha value is -0.930. The molecule has 0 radical (unpaired) electrons. The lowest BCUT2D eigenvalue weighted by Gasteiger charge is -2.22. The van der Waals surface area contributed by atoms with Gasteiger partial charge >= 0.3 is 0 Å². The molecule has 0 spiro atoms. The minimum atomic E-state index is -0.470. The first-order valence-corrected chi connectivity index (χ1v) is 6.76. The highest BCUT2D eigenvalue weighted by Gasteiger charge is 2.18. The quantitative estimate of drug-likeness (QED) is 0.895. The van der Waals surface area contributed by atoms with E-state index in [0.717, 1.165) is 12.0 Å². The van der Waals surface area contributed by atoms with E-state index in [0.29, 0.717) is 6.42 Å². The van der Waals surface area contributed by atoms with Crippen LogP contribution in [0.2, 0.25) is 5.02 Å². The van der Waals surface area contributed by atoms with Gasteiger partial charge in [0.2, 0.25) is 0 Å². The van der Waals surface area contributed by atoms with Crippen LogP contribution in [0.5, 0.6) is 0 Å². The Morgan fingerprint density at radius 3 is 2.58 bits per heavy atom. The van der Waals surface area contributed by atoms with E-state index in [1.165, 1.54) is 12.1 Å². The molecule has 1 atom stereocenters. The fraction of sp³-hybridized carbons (Fsp3) is 0.533. The van der Waals surface area contributed by atoms with Crippen LogP contribution >= 0.6 is 11.6 Å². The standard InChI is InChI=1S/C15H21ClFNO/c1-15(2,3)9-11(18)8-12(19)6-10-4-5-14(17)13(16)7-10/h4-5,7,11H,6,8-9,18H2,1-3H3. The van der Waals surface area contributed by atoms with Crippen molar-refractivity contribution in [1.82, 2.24) is 0 Å². The minimum absolute atomic E-state index is 0.0456. The van der Waals surface area contributed by atoms with Crippen LogP contribution in [-0.4, -0.2) is 11.8 Å². The first-order chi connectivity index (χ1) is 8.67. The smallest absolute Gasteiger partial charge is 0.141 e. The largest absolute Gasteiger partial charge is 0.327 e. The second-order valence-corrected chi connectivity index (χ2v) is 6.60. The first kappa shape index (κ1) is 16.1. The average Bonchev–Trinajstić information content (AvgIpc) is 2.20. The molecule has 1 aromatic rings. The first-order valence-electron chi connectivity index (χ1n) is 6.38. The molecule has 1 unspecified atom stereocenters. The molecule has 0 aliphatic rings. The molecule has 0 heterocycles. The lowest BCUT2D eigenvalue weighted by Crippen LogP contribution is -2.29. The molecule has 0 aliphatic carbocycles. The van der Waals surface area contributed by atoms with E-state index in [9.17, 15) is 9.18 Å². The zero-order chi connectivity index (χ0) is 14.6. The van der Waals surface area contributed by atoms with Crippen LogP contribution in [0.1, 0.15) is 39.2 Å². The maximum atomic E-state index is 13.0. The van der Waals surface area contributed by atoms with Gasteiger partial charge in [0.15, 0.2) is 0 Å². The fourth-order valence-corrected chi connectivity index (χ4v) is 2.30. The van der Waals surface area contributed by atoms with Crippen LogP contribution in [0.25, 0.3) is 0 Å². The molecule has 0 saturated heterocycles. The number of nitrogens with two attached hydrogens (primary N) is 1. The second-order valence-electron chi connectivity index (χ2n) is 6.19. The van der Waals surface area contributed by atoms with Gasteiger partial charge in [-0.2, -0.15) is 0 Å². The molecule has 2 nitrogen and oxygen atoms in total. The van der Waals surface area contributed by atoms with E-state index >= 15 is 0 Å². The third kappa shape index (κ3) is 6.17. The Morgan fingerprint density at radius 2 is 2.05 bits per heavy atom. The van der Waals surface area contributed by atoms with E-state index in [1.54, 1.807) is 6.07 Å². The van der Waals surface area contributed by atoms with Crippen molar-refractivity contribution in [2.75, 3.05) is 0 Å². The van der Waals surface area contributed by atoms with Crippen molar-refractivity contribution in [2.45, 2.75) is 46.1 Å². The van der Waals surface area contributed by atoms with E-state index in [-0.39, 0.29) is 28.7 Å². The summed E-state index contributed by atoms with van der Waals surface area (Å²) in [4.78, 5) is 11.9. The summed E-state index contributed by atoms with van der Waals surface area (Å²) in [7, 11) is 0. The second kappa shape index (κ2) is 6.49. The molecular weight excluding hydrogens is 265 g/mol. The topological polar surface area (TPSA) is 43.1 Å². The Bertz CT molecular complexity index is 454. The van der Waals surface area contributed by atoms with E-state index in [4.69, 9.17) is 17.3 Å². The summed E-state index contributed by atoms with van der Waals surface area (Å²) >= 11 is 5.68. The van der Waals surface area contributed by atoms with Crippen LogP contribution in [-0.2, 0) is 11.2 Å². The summed E-state index contributed by atoms with van der Waals surface area (Å²) in [6.07, 6.45) is 1.38. The number of hydrogen-bond acceptors (Lipinski definition) is 2. The van der Waals surface area contributed by atoms with Crippen LogP contribution in [0.4, 0.5) is 4.39 Å². The van der Waals surface area contributed by atoms with Gasteiger partial charge in [-0.15, -0.1) is 0 Å². The molecule has 0 aromatic heterocycles. The zero-order valence-electron chi connectivity index (χ0n) is 11.7. The van der Waals surface area contributed by atoms with Crippen LogP contribution in [0, 0.1) is 11.2 Å². The third-order valence-electron chi connectivity index (χ3n) is 2.75. The van der Waals surface area contributed by atoms with Crippen molar-refractivity contribution in [3.05, 3.63) is 34.6 Å². The Balaban J connectivity index is 2.53. The molecular formula is C15H21ClFNO. The van der Waals surface area contributed by atoms with Crippen molar-refractivity contribution in [3.8, 4) is 0 Å². The highest BCUT2D eigenvalue weighted by molar-refractivity contribution is 6.30. The molecule has 0 aliphatic heterocycles. The molecule has 1 aromatic carbocycles. The number of rotatable bonds is 5. The number of carbonyl (C=O) groups excluding carboxylic acids is 1. The average molecular weight is 286 g/mol. The van der Waals surface area contributed by atoms with Gasteiger partial charge in [0.1, 0.15) is 11.6 Å². The highest BCUT2D eigenvalue weighted by atomic mass is 35.5. The molecule has 0 saturated carbocycles. The van der Waals surface area contributed by atoms with Crippen molar-refractivity contribution in [3.63, 3.8) is 0 Å². The number of halogens is 2. The summed E-state index contributed by atoms with van der Waals surface area (Å²) in [6.45, 7) is 6.28. The molecule has 0 fully saturated rings. The monoisotopic (exact) mass is 285 g/mol. The molecule has 1 rings (SSSR count). The Morgan fingerprint density at radius 1 is 1.42 bits per heavy atom. The van der Waals surface area contributed by atoms with Crippen molar-refractivity contribution < 1.29 is 9.18 Å². The van der Waals surface area contributed by atoms with Gasteiger partial charge in [-0.25, -0.2) is 4.39 Å². The predicted octanol–water partition coefficient (Wildman–Crippen LogP) is 3.74. The predicted molar refractivity (Wildman–Crippen MR) is 76.8 cm³/mol. The number of hydrogen-bond donors (Lipinski definition) is 1. The number of ketones is 1. The number of benzene rings is 1. The summed E-state index contributed by atoms with van der Waals surface area (Å²) in [5.41, 5.74) is 6.79. The lowest BCUT2D eigenvalue weighted by atomic mass is 9.86. The van der Waals surface area contributed by atoms with Gasteiger partial charge in [0.05, 0.1) is 5.02 Å². The third-order valence-corrected chi connectivity index (χ3v) is 3.04. The Labute approximate surface area is 119 Å². The normalized spacial score (nSPS) is 13.4. The summed E-state index contributed by atoms with van der Waals surface area (Å²) in [6, 6.07) is 4.21. The maximum Gasteiger partial charge on any atom is 0.141 e. The van der Waals surface area contributed by atoms with Crippen LogP contribution < -0.4 is 5.73 Å². The van der Waals surface area contributed by atoms with Gasteiger partial charge in [0.25, 0.3) is 0 Å². The summed E-state index contributed by atoms with van der Waals surface area (Å²) < 4.78 is 13.0. The van der Waals surface area contributed by atoms with E-state index < -0.39 is 5.82 Å². The van der Waals surface area contributed by atoms with Gasteiger partial charge in [-0.1, -0.05) is 38.4 Å². The van der Waals surface area contributed by atoms with Gasteiger partial charge < -0.3 is 5.73 Å². The van der Waals surface area contributed by atoms with Crippen molar-refractivity contribution >= 4 is 17.4 Å². The van der Waals surface area contributed by atoms with Crippen molar-refractivity contribution in [1.29, 1.82) is 0 Å². The number of Topliss-reactive ketones (excluding diaryl/α,β-unsaturated/α-hetero) is 1. The molecule has 4 heteroatoms. The van der Waals surface area contributed by atoms with Gasteiger partial charge in [-0.05, 0) is 29.5 Å². The fourth-order valence-electron chi connectivity index (χ4n) is 2.10. The molecule has 0 bridgehead atoms. The van der Waals surface area contributed by atoms with Crippen molar-refractivity contribution in [2.24, 2.45) is 11.1 Å². The van der Waals surface area contributed by atoms with E-state index in [2.05, 4.69) is 20.8 Å². The van der Waals surface area contributed by atoms with Gasteiger partial charge in [0, 0.05) is 18.9 Å². The summed E-state index contributed by atoms with van der Waals surface area (Å²) in [5, 5.41) is 0.0456. The SMILES string of the molecule is CC(C)(C)CC(N)CC(=O)Cc1ccc(F)c(Cl)c1. The minimum Gasteiger partial charge on any atom is -0.327 e. The number of carbonyl (C=O) groups is 1. The van der Waals surface area contributed by atoms with Gasteiger partial charge in [-0.3, -0.25) is 4.79 Å². The zero-order valence-corrected chi connectivity index (χ0v) is 12.4. The maximum absolute atomic E-state index is 13.0. The Kier molecular flexibility index (Phi) is 5.50. The van der Waals surface area contributed by atoms with Crippen LogP contribution in [0.3, 0.4) is 0 Å². The summed E-state index contributed by atoms with van der Waals surface area (Å²) in [5.74, 6) is -0.415. The molecule has 0 amide bonds. The lowest BCUT2D eigenvalue weighted by molar-refractivity contribution is -0.118. The van der Waals surface area contributed by atoms with Crippen LogP contribution in [0.15, 0.2) is 18.2 Å². The van der Waals surface area contributed by atoms with E-state index in [1.807, 2.05) is 0 Å². The highest BCUT2D eigenvalue weighted by Crippen LogP contribution is 2.22. The molecule has 19 heavy (non-hydrogen) atoms. The molecule has 2 N–H and O–H groups in total. The molecule has 106 valence electrons.